The highest BCUT2D eigenvalue weighted by molar-refractivity contribution is 7.99. The van der Waals surface area contributed by atoms with Gasteiger partial charge in [-0.15, -0.1) is 10.2 Å². The average Bonchev–Trinajstić information content (AvgIpc) is 3.03. The van der Waals surface area contributed by atoms with Crippen molar-refractivity contribution in [3.8, 4) is 5.75 Å². The highest BCUT2D eigenvalue weighted by atomic mass is 35.5. The monoisotopic (exact) mass is 416 g/mol. The van der Waals surface area contributed by atoms with Crippen LogP contribution in [0.15, 0.2) is 47.6 Å². The Morgan fingerprint density at radius 3 is 2.64 bits per heavy atom. The van der Waals surface area contributed by atoms with E-state index >= 15 is 0 Å². The normalized spacial score (nSPS) is 10.7. The molecule has 146 valence electrons. The van der Waals surface area contributed by atoms with E-state index in [4.69, 9.17) is 16.3 Å². The van der Waals surface area contributed by atoms with Gasteiger partial charge in [0.15, 0.2) is 11.0 Å². The molecule has 0 spiro atoms. The van der Waals surface area contributed by atoms with Gasteiger partial charge in [-0.1, -0.05) is 47.1 Å². The number of aryl methyl sites for hydroxylation is 2. The topological polar surface area (TPSA) is 69.0 Å². The molecule has 1 aromatic heterocycles. The SMILES string of the molecule is Cc1ccc(OC(=O)CSc2nnc(CNc3ccc(C)c(Cl)c3)n2C)cc1. The van der Waals surface area contributed by atoms with Gasteiger partial charge in [0.05, 0.1) is 12.3 Å². The van der Waals surface area contributed by atoms with Crippen molar-refractivity contribution < 1.29 is 9.53 Å². The third-order valence-electron chi connectivity index (χ3n) is 4.12. The summed E-state index contributed by atoms with van der Waals surface area (Å²) in [4.78, 5) is 12.0. The first-order chi connectivity index (χ1) is 13.4. The first-order valence-electron chi connectivity index (χ1n) is 8.71. The Balaban J connectivity index is 1.53. The second kappa shape index (κ2) is 9.12. The highest BCUT2D eigenvalue weighted by Gasteiger charge is 2.13. The second-order valence-electron chi connectivity index (χ2n) is 6.35. The Bertz CT molecular complexity index is 973. The van der Waals surface area contributed by atoms with E-state index in [9.17, 15) is 4.79 Å². The van der Waals surface area contributed by atoms with Crippen LogP contribution in [0.2, 0.25) is 5.02 Å². The standard InChI is InChI=1S/C20H21ClN4O2S/c1-13-4-8-16(9-5-13)27-19(26)12-28-20-24-23-18(25(20)3)11-22-15-7-6-14(2)17(21)10-15/h4-10,22H,11-12H2,1-3H3. The lowest BCUT2D eigenvalue weighted by atomic mass is 10.2. The van der Waals surface area contributed by atoms with Gasteiger partial charge in [-0.2, -0.15) is 0 Å². The zero-order chi connectivity index (χ0) is 20.1. The molecule has 28 heavy (non-hydrogen) atoms. The second-order valence-corrected chi connectivity index (χ2v) is 7.70. The molecule has 0 amide bonds. The summed E-state index contributed by atoms with van der Waals surface area (Å²) >= 11 is 7.44. The van der Waals surface area contributed by atoms with Gasteiger partial charge in [0, 0.05) is 17.8 Å². The molecule has 0 unspecified atom stereocenters. The first-order valence-corrected chi connectivity index (χ1v) is 10.1. The van der Waals surface area contributed by atoms with Gasteiger partial charge in [0.1, 0.15) is 5.75 Å². The zero-order valence-electron chi connectivity index (χ0n) is 15.9. The van der Waals surface area contributed by atoms with Crippen LogP contribution in [0.3, 0.4) is 0 Å². The number of hydrogen-bond acceptors (Lipinski definition) is 6. The van der Waals surface area contributed by atoms with E-state index < -0.39 is 0 Å². The molecule has 6 nitrogen and oxygen atoms in total. The summed E-state index contributed by atoms with van der Waals surface area (Å²) in [5, 5.41) is 13.0. The van der Waals surface area contributed by atoms with Crippen molar-refractivity contribution in [2.24, 2.45) is 7.05 Å². The Morgan fingerprint density at radius 1 is 1.18 bits per heavy atom. The van der Waals surface area contributed by atoms with Crippen molar-refractivity contribution in [3.63, 3.8) is 0 Å². The van der Waals surface area contributed by atoms with E-state index in [1.165, 1.54) is 11.8 Å². The first kappa shape index (κ1) is 20.2. The molecule has 0 bridgehead atoms. The zero-order valence-corrected chi connectivity index (χ0v) is 17.5. The summed E-state index contributed by atoms with van der Waals surface area (Å²) in [5.41, 5.74) is 3.05. The molecule has 2 aromatic carbocycles. The molecular weight excluding hydrogens is 396 g/mol. The number of carbonyl (C=O) groups is 1. The van der Waals surface area contributed by atoms with Gasteiger partial charge < -0.3 is 14.6 Å². The molecule has 0 aliphatic heterocycles. The number of halogens is 1. The van der Waals surface area contributed by atoms with E-state index in [1.807, 2.05) is 55.8 Å². The van der Waals surface area contributed by atoms with Crippen LogP contribution < -0.4 is 10.1 Å². The molecule has 3 rings (SSSR count). The summed E-state index contributed by atoms with van der Waals surface area (Å²) in [5.74, 6) is 1.12. The van der Waals surface area contributed by atoms with Crippen LogP contribution in [0, 0.1) is 13.8 Å². The number of benzene rings is 2. The van der Waals surface area contributed by atoms with Crippen LogP contribution in [-0.4, -0.2) is 26.5 Å². The maximum atomic E-state index is 12.0. The Morgan fingerprint density at radius 2 is 1.93 bits per heavy atom. The molecule has 0 saturated carbocycles. The predicted molar refractivity (Wildman–Crippen MR) is 112 cm³/mol. The van der Waals surface area contributed by atoms with Gasteiger partial charge in [-0.3, -0.25) is 4.79 Å². The molecule has 0 saturated heterocycles. The van der Waals surface area contributed by atoms with Crippen LogP contribution in [0.5, 0.6) is 5.75 Å². The Kier molecular flexibility index (Phi) is 6.59. The molecule has 3 aromatic rings. The van der Waals surface area contributed by atoms with Crippen LogP contribution in [0.4, 0.5) is 5.69 Å². The highest BCUT2D eigenvalue weighted by Crippen LogP contribution is 2.21. The number of ether oxygens (including phenoxy) is 1. The number of carbonyl (C=O) groups excluding carboxylic acids is 1. The number of esters is 1. The molecule has 0 aliphatic rings. The largest absolute Gasteiger partial charge is 0.426 e. The van der Waals surface area contributed by atoms with Gasteiger partial charge in [-0.05, 0) is 43.7 Å². The number of rotatable bonds is 7. The fourth-order valence-corrected chi connectivity index (χ4v) is 3.28. The number of aromatic nitrogens is 3. The number of hydrogen-bond donors (Lipinski definition) is 1. The van der Waals surface area contributed by atoms with Crippen molar-refractivity contribution in [1.82, 2.24) is 14.8 Å². The maximum Gasteiger partial charge on any atom is 0.321 e. The third kappa shape index (κ3) is 5.27. The van der Waals surface area contributed by atoms with Gasteiger partial charge in [0.2, 0.25) is 0 Å². The summed E-state index contributed by atoms with van der Waals surface area (Å²) in [6.45, 7) is 4.44. The summed E-state index contributed by atoms with van der Waals surface area (Å²) in [6, 6.07) is 13.2. The van der Waals surface area contributed by atoms with Crippen molar-refractivity contribution >= 4 is 35.0 Å². The summed E-state index contributed by atoms with van der Waals surface area (Å²) < 4.78 is 7.18. The minimum Gasteiger partial charge on any atom is -0.426 e. The number of thioether (sulfide) groups is 1. The van der Waals surface area contributed by atoms with E-state index in [0.717, 1.165) is 22.6 Å². The Hall–Kier alpha value is -2.51. The molecule has 1 heterocycles. The minimum absolute atomic E-state index is 0.154. The molecule has 8 heteroatoms. The Labute approximate surface area is 173 Å². The van der Waals surface area contributed by atoms with Crippen molar-refractivity contribution in [2.75, 3.05) is 11.1 Å². The number of nitrogens with one attached hydrogen (secondary N) is 1. The van der Waals surface area contributed by atoms with Crippen molar-refractivity contribution in [2.45, 2.75) is 25.5 Å². The lowest BCUT2D eigenvalue weighted by molar-refractivity contribution is -0.131. The molecule has 0 radical (unpaired) electrons. The van der Waals surface area contributed by atoms with Gasteiger partial charge in [0.25, 0.3) is 0 Å². The smallest absolute Gasteiger partial charge is 0.321 e. The van der Waals surface area contributed by atoms with Gasteiger partial charge >= 0.3 is 5.97 Å². The fourth-order valence-electron chi connectivity index (χ4n) is 2.40. The lowest BCUT2D eigenvalue weighted by Gasteiger charge is -2.08. The van der Waals surface area contributed by atoms with Crippen LogP contribution in [-0.2, 0) is 18.4 Å². The molecule has 0 aliphatic carbocycles. The average molecular weight is 417 g/mol. The predicted octanol–water partition coefficient (Wildman–Crippen LogP) is 4.40. The van der Waals surface area contributed by atoms with E-state index in [1.54, 1.807) is 12.1 Å². The van der Waals surface area contributed by atoms with E-state index in [0.29, 0.717) is 22.5 Å². The van der Waals surface area contributed by atoms with Crippen LogP contribution >= 0.6 is 23.4 Å². The number of anilines is 1. The fraction of sp³-hybridized carbons (Fsp3) is 0.250. The van der Waals surface area contributed by atoms with Crippen LogP contribution in [0.25, 0.3) is 0 Å². The van der Waals surface area contributed by atoms with Crippen molar-refractivity contribution in [3.05, 3.63) is 64.4 Å². The molecular formula is C20H21ClN4O2S. The summed E-state index contributed by atoms with van der Waals surface area (Å²) in [6.07, 6.45) is 0. The number of nitrogens with zero attached hydrogens (tertiary/aromatic N) is 3. The molecule has 1 N–H and O–H groups in total. The molecule has 0 atom stereocenters. The van der Waals surface area contributed by atoms with E-state index in [2.05, 4.69) is 15.5 Å². The van der Waals surface area contributed by atoms with Crippen LogP contribution in [0.1, 0.15) is 17.0 Å². The van der Waals surface area contributed by atoms with E-state index in [-0.39, 0.29) is 11.7 Å². The maximum absolute atomic E-state index is 12.0. The lowest BCUT2D eigenvalue weighted by Crippen LogP contribution is -2.11. The third-order valence-corrected chi connectivity index (χ3v) is 5.52. The van der Waals surface area contributed by atoms with Gasteiger partial charge in [-0.25, -0.2) is 0 Å². The minimum atomic E-state index is -0.328. The molecule has 0 fully saturated rings. The summed E-state index contributed by atoms with van der Waals surface area (Å²) in [7, 11) is 1.87. The van der Waals surface area contributed by atoms with Crippen molar-refractivity contribution in [1.29, 1.82) is 0 Å². The quantitative estimate of drug-likeness (QED) is 0.350.